The van der Waals surface area contributed by atoms with E-state index in [0.717, 1.165) is 17.1 Å². The Morgan fingerprint density at radius 3 is 1.88 bits per heavy atom. The maximum Gasteiger partial charge on any atom is 0.175 e. The van der Waals surface area contributed by atoms with Gasteiger partial charge in [-0.05, 0) is 59.4 Å². The summed E-state index contributed by atoms with van der Waals surface area (Å²) >= 11 is 5.52. The van der Waals surface area contributed by atoms with E-state index < -0.39 is 0 Å². The van der Waals surface area contributed by atoms with Crippen molar-refractivity contribution in [3.63, 3.8) is 0 Å². The van der Waals surface area contributed by atoms with Gasteiger partial charge in [0.1, 0.15) is 5.75 Å². The molecule has 0 atom stereocenters. The normalized spacial score (nSPS) is 10.8. The zero-order valence-electron chi connectivity index (χ0n) is 15.0. The van der Waals surface area contributed by atoms with Crippen LogP contribution < -0.4 is 15.4 Å². The molecule has 2 aromatic rings. The molecule has 0 saturated carbocycles. The Kier molecular flexibility index (Phi) is 6.21. The Bertz CT molecular complexity index is 667. The fourth-order valence-corrected chi connectivity index (χ4v) is 2.87. The fraction of sp³-hybridized carbons (Fsp3) is 0.350. The van der Waals surface area contributed by atoms with Crippen LogP contribution >= 0.6 is 12.2 Å². The maximum atomic E-state index is 5.52. The van der Waals surface area contributed by atoms with Crippen LogP contribution in [0.25, 0.3) is 0 Å². The molecular weight excluding hydrogens is 316 g/mol. The van der Waals surface area contributed by atoms with Crippen molar-refractivity contribution in [1.29, 1.82) is 0 Å². The molecule has 3 nitrogen and oxygen atoms in total. The first-order valence-electron chi connectivity index (χ1n) is 8.27. The molecule has 2 aromatic carbocycles. The van der Waals surface area contributed by atoms with Crippen molar-refractivity contribution in [2.45, 2.75) is 39.5 Å². The van der Waals surface area contributed by atoms with Gasteiger partial charge >= 0.3 is 0 Å². The molecule has 0 heterocycles. The zero-order valence-corrected chi connectivity index (χ0v) is 15.8. The van der Waals surface area contributed by atoms with E-state index in [9.17, 15) is 0 Å². The van der Waals surface area contributed by atoms with E-state index >= 15 is 0 Å². The molecule has 0 aliphatic carbocycles. The van der Waals surface area contributed by atoms with E-state index in [1.54, 1.807) is 7.11 Å². The lowest BCUT2D eigenvalue weighted by Crippen LogP contribution is -2.21. The Morgan fingerprint density at radius 2 is 1.42 bits per heavy atom. The van der Waals surface area contributed by atoms with Gasteiger partial charge in [0, 0.05) is 11.4 Å². The second kappa shape index (κ2) is 8.15. The van der Waals surface area contributed by atoms with Crippen molar-refractivity contribution < 1.29 is 4.74 Å². The van der Waals surface area contributed by atoms with Gasteiger partial charge in [-0.2, -0.15) is 0 Å². The maximum absolute atomic E-state index is 5.52. The Labute approximate surface area is 150 Å². The van der Waals surface area contributed by atoms with E-state index in [-0.39, 0.29) is 0 Å². The van der Waals surface area contributed by atoms with E-state index in [0.29, 0.717) is 16.9 Å². The van der Waals surface area contributed by atoms with Gasteiger partial charge in [-0.15, -0.1) is 0 Å². The van der Waals surface area contributed by atoms with Crippen molar-refractivity contribution in [3.05, 3.63) is 53.6 Å². The lowest BCUT2D eigenvalue weighted by Gasteiger charge is -2.21. The van der Waals surface area contributed by atoms with E-state index in [1.807, 2.05) is 24.3 Å². The van der Waals surface area contributed by atoms with Crippen LogP contribution in [0.5, 0.6) is 5.75 Å². The summed E-state index contributed by atoms with van der Waals surface area (Å²) in [6.07, 6.45) is 0. The highest BCUT2D eigenvalue weighted by Crippen LogP contribution is 2.32. The number of thiocarbonyl (C=S) groups is 1. The molecule has 0 fully saturated rings. The van der Waals surface area contributed by atoms with Crippen LogP contribution in [0.15, 0.2) is 42.5 Å². The molecule has 0 aliphatic rings. The summed E-state index contributed by atoms with van der Waals surface area (Å²) in [5.74, 6) is 1.68. The smallest absolute Gasteiger partial charge is 0.175 e. The highest BCUT2D eigenvalue weighted by atomic mass is 32.1. The summed E-state index contributed by atoms with van der Waals surface area (Å²) in [6, 6.07) is 14.2. The van der Waals surface area contributed by atoms with Crippen LogP contribution in [-0.4, -0.2) is 12.2 Å². The first kappa shape index (κ1) is 18.3. The van der Waals surface area contributed by atoms with Crippen LogP contribution in [0.2, 0.25) is 0 Å². The number of anilines is 2. The van der Waals surface area contributed by atoms with Gasteiger partial charge < -0.3 is 15.4 Å². The molecule has 0 aromatic heterocycles. The van der Waals surface area contributed by atoms with Crippen LogP contribution in [0.4, 0.5) is 11.4 Å². The number of rotatable bonds is 5. The average Bonchev–Trinajstić information content (AvgIpc) is 2.55. The monoisotopic (exact) mass is 342 g/mol. The number of hydrogen-bond acceptors (Lipinski definition) is 2. The molecule has 0 aliphatic heterocycles. The summed E-state index contributed by atoms with van der Waals surface area (Å²) in [5, 5.41) is 7.24. The number of hydrogen-bond donors (Lipinski definition) is 2. The molecule has 2 N–H and O–H groups in total. The third-order valence-electron chi connectivity index (χ3n) is 3.96. The second-order valence-electron chi connectivity index (χ2n) is 6.43. The number of benzene rings is 2. The van der Waals surface area contributed by atoms with E-state index in [2.05, 4.69) is 56.5 Å². The molecule has 0 spiro atoms. The molecule has 24 heavy (non-hydrogen) atoms. The van der Waals surface area contributed by atoms with Crippen molar-refractivity contribution >= 4 is 28.7 Å². The summed E-state index contributed by atoms with van der Waals surface area (Å²) in [5.41, 5.74) is 4.61. The van der Waals surface area contributed by atoms with Gasteiger partial charge in [0.05, 0.1) is 7.11 Å². The molecule has 4 heteroatoms. The first-order chi connectivity index (χ1) is 11.4. The number of nitrogens with one attached hydrogen (secondary N) is 2. The van der Waals surface area contributed by atoms with Crippen LogP contribution in [0.3, 0.4) is 0 Å². The second-order valence-corrected chi connectivity index (χ2v) is 6.84. The summed E-state index contributed by atoms with van der Waals surface area (Å²) < 4.78 is 5.18. The average molecular weight is 343 g/mol. The van der Waals surface area contributed by atoms with Crippen molar-refractivity contribution in [2.24, 2.45) is 0 Å². The quantitative estimate of drug-likeness (QED) is 0.678. The van der Waals surface area contributed by atoms with Gasteiger partial charge in [-0.1, -0.05) is 45.9 Å². The summed E-state index contributed by atoms with van der Waals surface area (Å²) in [7, 11) is 1.66. The molecule has 0 radical (unpaired) electrons. The van der Waals surface area contributed by atoms with Crippen molar-refractivity contribution in [1.82, 2.24) is 0 Å². The summed E-state index contributed by atoms with van der Waals surface area (Å²) in [4.78, 5) is 0. The van der Waals surface area contributed by atoms with Crippen LogP contribution in [-0.2, 0) is 0 Å². The predicted molar refractivity (Wildman–Crippen MR) is 107 cm³/mol. The van der Waals surface area contributed by atoms with Crippen LogP contribution in [0.1, 0.15) is 50.7 Å². The molecule has 2 rings (SSSR count). The van der Waals surface area contributed by atoms with Gasteiger partial charge in [0.2, 0.25) is 0 Å². The SMILES string of the molecule is COc1ccc(NC(=S)Nc2c(C(C)C)cccc2C(C)C)cc1. The molecule has 0 unspecified atom stereocenters. The van der Waals surface area contributed by atoms with Gasteiger partial charge in [-0.3, -0.25) is 0 Å². The van der Waals surface area contributed by atoms with E-state index in [4.69, 9.17) is 17.0 Å². The first-order valence-corrected chi connectivity index (χ1v) is 8.68. The third-order valence-corrected chi connectivity index (χ3v) is 4.16. The predicted octanol–water partition coefficient (Wildman–Crippen LogP) is 5.75. The molecular formula is C20H26N2OS. The summed E-state index contributed by atoms with van der Waals surface area (Å²) in [6.45, 7) is 8.80. The molecule has 0 amide bonds. The third kappa shape index (κ3) is 4.48. The Morgan fingerprint density at radius 1 is 0.875 bits per heavy atom. The fourth-order valence-electron chi connectivity index (χ4n) is 2.65. The minimum absolute atomic E-state index is 0.426. The number of ether oxygens (including phenoxy) is 1. The molecule has 0 saturated heterocycles. The molecule has 0 bridgehead atoms. The lowest BCUT2D eigenvalue weighted by molar-refractivity contribution is 0.415. The van der Waals surface area contributed by atoms with E-state index in [1.165, 1.54) is 11.1 Å². The largest absolute Gasteiger partial charge is 0.497 e. The zero-order chi connectivity index (χ0) is 17.7. The topological polar surface area (TPSA) is 33.3 Å². The van der Waals surface area contributed by atoms with Crippen molar-refractivity contribution in [2.75, 3.05) is 17.7 Å². The minimum Gasteiger partial charge on any atom is -0.497 e. The van der Waals surface area contributed by atoms with Gasteiger partial charge in [0.25, 0.3) is 0 Å². The van der Waals surface area contributed by atoms with Crippen LogP contribution in [0, 0.1) is 0 Å². The minimum atomic E-state index is 0.426. The highest BCUT2D eigenvalue weighted by molar-refractivity contribution is 7.80. The Balaban J connectivity index is 2.21. The highest BCUT2D eigenvalue weighted by Gasteiger charge is 2.14. The van der Waals surface area contributed by atoms with Gasteiger partial charge in [0.15, 0.2) is 5.11 Å². The number of para-hydroxylation sites is 1. The lowest BCUT2D eigenvalue weighted by atomic mass is 9.93. The van der Waals surface area contributed by atoms with Gasteiger partial charge in [-0.25, -0.2) is 0 Å². The standard InChI is InChI=1S/C20H26N2OS/c1-13(2)17-7-6-8-18(14(3)4)19(17)22-20(24)21-15-9-11-16(23-5)12-10-15/h6-14H,1-5H3,(H2,21,22,24). The number of methoxy groups -OCH3 is 1. The molecule has 128 valence electrons. The Hall–Kier alpha value is -2.07. The van der Waals surface area contributed by atoms with Crippen molar-refractivity contribution in [3.8, 4) is 5.75 Å².